The molecule has 4 atom stereocenters. The molecule has 0 radical (unpaired) electrons. The number of carbonyl (C=O) groups is 1. The second kappa shape index (κ2) is 4.25. The average Bonchev–Trinajstić information content (AvgIpc) is 3.22. The molecule has 2 aromatic rings. The van der Waals surface area contributed by atoms with Crippen molar-refractivity contribution in [3.8, 4) is 0 Å². The highest BCUT2D eigenvalue weighted by Gasteiger charge is 2.73. The van der Waals surface area contributed by atoms with E-state index in [1.54, 1.807) is 6.08 Å². The van der Waals surface area contributed by atoms with Crippen molar-refractivity contribution in [3.05, 3.63) is 35.9 Å². The fourth-order valence-electron chi connectivity index (χ4n) is 5.57. The van der Waals surface area contributed by atoms with Crippen molar-refractivity contribution < 1.29 is 9.53 Å². The molecule has 3 aliphatic heterocycles. The Balaban J connectivity index is 1.50. The van der Waals surface area contributed by atoms with Gasteiger partial charge in [-0.1, -0.05) is 23.8 Å². The first kappa shape index (κ1) is 13.1. The van der Waals surface area contributed by atoms with Gasteiger partial charge in [0.25, 0.3) is 0 Å². The number of hydrogen-bond acceptors (Lipinski definition) is 5. The predicted octanol–water partition coefficient (Wildman–Crippen LogP) is 1.83. The van der Waals surface area contributed by atoms with E-state index >= 15 is 0 Å². The molecule has 24 heavy (non-hydrogen) atoms. The lowest BCUT2D eigenvalue weighted by Crippen LogP contribution is -2.77. The van der Waals surface area contributed by atoms with Gasteiger partial charge in [-0.2, -0.15) is 0 Å². The number of benzene rings is 1. The van der Waals surface area contributed by atoms with Gasteiger partial charge in [0, 0.05) is 6.08 Å². The number of esters is 1. The number of hydrogen-bond donors (Lipinski definition) is 0. The summed E-state index contributed by atoms with van der Waals surface area (Å²) in [6.45, 7) is 1.09. The number of para-hydroxylation sites is 1. The van der Waals surface area contributed by atoms with Crippen LogP contribution < -0.4 is 0 Å². The van der Waals surface area contributed by atoms with Gasteiger partial charge in [0.2, 0.25) is 0 Å². The lowest BCUT2D eigenvalue weighted by molar-refractivity contribution is -0.208. The van der Waals surface area contributed by atoms with Crippen molar-refractivity contribution in [2.45, 2.75) is 49.4 Å². The summed E-state index contributed by atoms with van der Waals surface area (Å²) in [7, 11) is 0. The minimum Gasteiger partial charge on any atom is -0.448 e. The van der Waals surface area contributed by atoms with Crippen molar-refractivity contribution in [1.82, 2.24) is 19.9 Å². The molecule has 0 N–H and O–H groups in total. The van der Waals surface area contributed by atoms with Gasteiger partial charge in [-0.05, 0) is 43.5 Å². The molecule has 0 bridgehead atoms. The summed E-state index contributed by atoms with van der Waals surface area (Å²) in [5.74, 6) is -0.165. The molecule has 6 heteroatoms. The Bertz CT molecular complexity index is 903. The maximum absolute atomic E-state index is 12.0. The number of rotatable bonds is 1. The summed E-state index contributed by atoms with van der Waals surface area (Å²) in [4.78, 5) is 14.5. The molecule has 1 spiro atoms. The van der Waals surface area contributed by atoms with Crippen molar-refractivity contribution in [1.29, 1.82) is 0 Å². The van der Waals surface area contributed by atoms with Crippen LogP contribution in [0.2, 0.25) is 0 Å². The zero-order valence-electron chi connectivity index (χ0n) is 13.3. The van der Waals surface area contributed by atoms with Gasteiger partial charge in [-0.25, -0.2) is 9.48 Å². The minimum absolute atomic E-state index is 0.165. The van der Waals surface area contributed by atoms with Gasteiger partial charge < -0.3 is 4.74 Å². The molecule has 1 aliphatic carbocycles. The largest absolute Gasteiger partial charge is 0.448 e. The molecule has 6 nitrogen and oxygen atoms in total. The van der Waals surface area contributed by atoms with E-state index in [0.29, 0.717) is 6.04 Å². The first-order valence-corrected chi connectivity index (χ1v) is 8.79. The van der Waals surface area contributed by atoms with Crippen LogP contribution in [0.5, 0.6) is 0 Å². The quantitative estimate of drug-likeness (QED) is 0.750. The van der Waals surface area contributed by atoms with Crippen LogP contribution in [0, 0.1) is 0 Å². The predicted molar refractivity (Wildman–Crippen MR) is 86.2 cm³/mol. The lowest BCUT2D eigenvalue weighted by atomic mass is 9.70. The van der Waals surface area contributed by atoms with Gasteiger partial charge in [0.15, 0.2) is 5.60 Å². The highest BCUT2D eigenvalue weighted by atomic mass is 16.6. The van der Waals surface area contributed by atoms with E-state index in [1.165, 1.54) is 18.4 Å². The normalized spacial score (nSPS) is 37.4. The molecular weight excluding hydrogens is 304 g/mol. The number of aromatic nitrogens is 3. The average molecular weight is 322 g/mol. The second-order valence-electron chi connectivity index (χ2n) is 7.37. The first-order valence-electron chi connectivity index (χ1n) is 8.79. The molecule has 2 saturated heterocycles. The lowest BCUT2D eigenvalue weighted by Gasteiger charge is -2.61. The fraction of sp³-hybridized carbons (Fsp3) is 0.500. The maximum atomic E-state index is 12.0. The summed E-state index contributed by atoms with van der Waals surface area (Å²) in [6, 6.07) is 8.82. The fourth-order valence-corrected chi connectivity index (χ4v) is 5.57. The zero-order valence-corrected chi connectivity index (χ0v) is 13.3. The van der Waals surface area contributed by atoms with Crippen LogP contribution in [-0.4, -0.2) is 50.1 Å². The van der Waals surface area contributed by atoms with Crippen LogP contribution >= 0.6 is 0 Å². The number of nitrogens with zero attached hydrogens (tertiary/aromatic N) is 4. The third-order valence-corrected chi connectivity index (χ3v) is 6.38. The van der Waals surface area contributed by atoms with E-state index in [4.69, 9.17) is 4.74 Å². The van der Waals surface area contributed by atoms with Crippen molar-refractivity contribution in [2.24, 2.45) is 0 Å². The number of fused-ring (bicyclic) bond motifs is 3. The summed E-state index contributed by atoms with van der Waals surface area (Å²) in [5.41, 5.74) is 2.76. The topological polar surface area (TPSA) is 60.2 Å². The van der Waals surface area contributed by atoms with Crippen LogP contribution in [0.1, 0.15) is 31.7 Å². The summed E-state index contributed by atoms with van der Waals surface area (Å²) >= 11 is 0. The van der Waals surface area contributed by atoms with Crippen LogP contribution in [0.25, 0.3) is 11.0 Å². The summed E-state index contributed by atoms with van der Waals surface area (Å²) in [5, 5.41) is 8.77. The zero-order chi connectivity index (χ0) is 15.9. The van der Waals surface area contributed by atoms with E-state index in [1.807, 2.05) is 18.2 Å². The SMILES string of the molecule is O=C1C=C2CC(n3nnc4ccccc43)[C@H]3N4CCCC[C@@H]4C23O1. The highest BCUT2D eigenvalue weighted by molar-refractivity contribution is 5.88. The maximum Gasteiger partial charge on any atom is 0.331 e. The molecule has 4 aliphatic rings. The Morgan fingerprint density at radius 2 is 2.17 bits per heavy atom. The van der Waals surface area contributed by atoms with Crippen LogP contribution in [0.3, 0.4) is 0 Å². The Morgan fingerprint density at radius 1 is 1.25 bits per heavy atom. The van der Waals surface area contributed by atoms with Crippen LogP contribution in [-0.2, 0) is 9.53 Å². The molecule has 4 heterocycles. The third kappa shape index (κ3) is 1.36. The number of carbonyl (C=O) groups excluding carboxylic acids is 1. The molecular formula is C18H18N4O2. The van der Waals surface area contributed by atoms with E-state index in [-0.39, 0.29) is 18.1 Å². The Kier molecular flexibility index (Phi) is 2.32. The Morgan fingerprint density at radius 3 is 3.12 bits per heavy atom. The first-order chi connectivity index (χ1) is 11.8. The third-order valence-electron chi connectivity index (χ3n) is 6.38. The van der Waals surface area contributed by atoms with Gasteiger partial charge in [-0.3, -0.25) is 4.90 Å². The molecule has 122 valence electrons. The van der Waals surface area contributed by atoms with Crippen molar-refractivity contribution >= 4 is 17.0 Å². The van der Waals surface area contributed by atoms with E-state index in [2.05, 4.69) is 26.0 Å². The summed E-state index contributed by atoms with van der Waals surface area (Å²) < 4.78 is 8.00. The number of ether oxygens (including phenoxy) is 1. The number of piperidine rings is 1. The van der Waals surface area contributed by atoms with Crippen LogP contribution in [0.4, 0.5) is 0 Å². The molecule has 1 aromatic heterocycles. The van der Waals surface area contributed by atoms with Gasteiger partial charge in [0.05, 0.1) is 23.6 Å². The van der Waals surface area contributed by atoms with Gasteiger partial charge in [-0.15, -0.1) is 5.10 Å². The molecule has 2 unspecified atom stereocenters. The standard InChI is InChI=1S/C18H18N4O2/c23-16-10-11-9-14(22-13-6-2-1-5-12(13)19-20-22)17-18(11,24-16)15-7-3-4-8-21(15)17/h1-2,5-6,10,14-15,17H,3-4,7-9H2/t14?,15-,17-,18?/m1/s1. The Hall–Kier alpha value is -2.21. The van der Waals surface area contributed by atoms with Gasteiger partial charge >= 0.3 is 5.97 Å². The van der Waals surface area contributed by atoms with Crippen molar-refractivity contribution in [3.63, 3.8) is 0 Å². The van der Waals surface area contributed by atoms with Crippen molar-refractivity contribution in [2.75, 3.05) is 6.54 Å². The molecule has 1 saturated carbocycles. The minimum atomic E-state index is -0.394. The highest BCUT2D eigenvalue weighted by Crippen LogP contribution is 2.61. The monoisotopic (exact) mass is 322 g/mol. The molecule has 0 amide bonds. The van der Waals surface area contributed by atoms with Crippen LogP contribution in [0.15, 0.2) is 35.9 Å². The Labute approximate surface area is 139 Å². The summed E-state index contributed by atoms with van der Waals surface area (Å²) in [6.07, 6.45) is 6.12. The molecule has 6 rings (SSSR count). The molecule has 1 aromatic carbocycles. The van der Waals surface area contributed by atoms with Gasteiger partial charge in [0.1, 0.15) is 5.52 Å². The smallest absolute Gasteiger partial charge is 0.331 e. The van der Waals surface area contributed by atoms with E-state index in [0.717, 1.165) is 30.4 Å². The molecule has 3 fully saturated rings. The van der Waals surface area contributed by atoms with E-state index in [9.17, 15) is 4.79 Å². The van der Waals surface area contributed by atoms with E-state index < -0.39 is 5.60 Å². The second-order valence-corrected chi connectivity index (χ2v) is 7.37.